The first-order chi connectivity index (χ1) is 4.69. The minimum absolute atomic E-state index is 0.207. The maximum absolute atomic E-state index is 5.96. The molecule has 0 aromatic rings. The van der Waals surface area contributed by atoms with Crippen LogP contribution < -0.4 is 11.1 Å². The van der Waals surface area contributed by atoms with Crippen molar-refractivity contribution < 1.29 is 0 Å². The molecule has 1 fully saturated rings. The Kier molecular flexibility index (Phi) is 2.32. The second-order valence-corrected chi connectivity index (χ2v) is 3.52. The van der Waals surface area contributed by atoms with Gasteiger partial charge >= 0.3 is 0 Å². The van der Waals surface area contributed by atoms with Crippen LogP contribution in [-0.2, 0) is 0 Å². The molecule has 1 rings (SSSR count). The summed E-state index contributed by atoms with van der Waals surface area (Å²) in [6.45, 7) is 2.22. The van der Waals surface area contributed by atoms with Gasteiger partial charge in [0, 0.05) is 11.6 Å². The summed E-state index contributed by atoms with van der Waals surface area (Å²) >= 11 is 0. The van der Waals surface area contributed by atoms with Crippen LogP contribution in [0.5, 0.6) is 0 Å². The van der Waals surface area contributed by atoms with Crippen molar-refractivity contribution in [3.05, 3.63) is 0 Å². The quantitative estimate of drug-likeness (QED) is 0.570. The van der Waals surface area contributed by atoms with Crippen molar-refractivity contribution in [2.45, 2.75) is 44.2 Å². The maximum atomic E-state index is 5.96. The van der Waals surface area contributed by atoms with E-state index in [2.05, 4.69) is 12.2 Å². The molecule has 0 bridgehead atoms. The molecule has 1 aliphatic rings. The Bertz CT molecular complexity index is 114. The van der Waals surface area contributed by atoms with Crippen molar-refractivity contribution in [2.24, 2.45) is 5.73 Å². The third-order valence-corrected chi connectivity index (χ3v) is 2.85. The molecule has 60 valence electrons. The number of likely N-dealkylation sites (N-methyl/N-ethyl adjacent to an activating group) is 1. The lowest BCUT2D eigenvalue weighted by atomic mass is 9.79. The van der Waals surface area contributed by atoms with E-state index in [0.29, 0.717) is 6.04 Å². The van der Waals surface area contributed by atoms with Crippen LogP contribution in [0.15, 0.2) is 0 Å². The lowest BCUT2D eigenvalue weighted by Crippen LogP contribution is -2.56. The molecule has 0 radical (unpaired) electrons. The molecule has 3 N–H and O–H groups in total. The van der Waals surface area contributed by atoms with Gasteiger partial charge in [0.1, 0.15) is 0 Å². The van der Waals surface area contributed by atoms with Gasteiger partial charge in [0.2, 0.25) is 0 Å². The van der Waals surface area contributed by atoms with Crippen LogP contribution in [-0.4, -0.2) is 18.6 Å². The highest BCUT2D eigenvalue weighted by Crippen LogP contribution is 2.25. The van der Waals surface area contributed by atoms with Gasteiger partial charge in [-0.1, -0.05) is 12.8 Å². The fourth-order valence-corrected chi connectivity index (χ4v) is 1.67. The summed E-state index contributed by atoms with van der Waals surface area (Å²) in [5, 5.41) is 3.31. The van der Waals surface area contributed by atoms with Crippen LogP contribution in [0.1, 0.15) is 32.6 Å². The third kappa shape index (κ3) is 1.32. The van der Waals surface area contributed by atoms with E-state index in [1.54, 1.807) is 0 Å². The van der Waals surface area contributed by atoms with Crippen molar-refractivity contribution in [1.82, 2.24) is 5.32 Å². The first-order valence-electron chi connectivity index (χ1n) is 4.13. The van der Waals surface area contributed by atoms with Gasteiger partial charge in [0.05, 0.1) is 0 Å². The summed E-state index contributed by atoms with van der Waals surface area (Å²) in [6, 6.07) is 0.353. The second kappa shape index (κ2) is 2.89. The van der Waals surface area contributed by atoms with Gasteiger partial charge in [-0.2, -0.15) is 0 Å². The predicted octanol–water partition coefficient (Wildman–Crippen LogP) is 0.866. The Balaban J connectivity index is 2.54. The SMILES string of the molecule is CN[C@@]1(C)CCCCC1N. The van der Waals surface area contributed by atoms with E-state index in [9.17, 15) is 0 Å². The van der Waals surface area contributed by atoms with E-state index in [4.69, 9.17) is 5.73 Å². The smallest absolute Gasteiger partial charge is 0.0301 e. The van der Waals surface area contributed by atoms with E-state index in [1.807, 2.05) is 7.05 Å². The highest BCUT2D eigenvalue weighted by atomic mass is 15.0. The lowest BCUT2D eigenvalue weighted by molar-refractivity contribution is 0.231. The van der Waals surface area contributed by atoms with Gasteiger partial charge in [-0.3, -0.25) is 0 Å². The van der Waals surface area contributed by atoms with Gasteiger partial charge in [-0.15, -0.1) is 0 Å². The highest BCUT2D eigenvalue weighted by molar-refractivity contribution is 4.94. The van der Waals surface area contributed by atoms with Gasteiger partial charge in [-0.05, 0) is 26.8 Å². The molecule has 1 unspecified atom stereocenters. The van der Waals surface area contributed by atoms with E-state index in [1.165, 1.54) is 25.7 Å². The molecule has 2 heteroatoms. The number of rotatable bonds is 1. The van der Waals surface area contributed by atoms with Crippen LogP contribution in [0.2, 0.25) is 0 Å². The van der Waals surface area contributed by atoms with Crippen molar-refractivity contribution in [3.63, 3.8) is 0 Å². The summed E-state index contributed by atoms with van der Waals surface area (Å²) in [4.78, 5) is 0. The lowest BCUT2D eigenvalue weighted by Gasteiger charge is -2.39. The zero-order chi connectivity index (χ0) is 7.61. The topological polar surface area (TPSA) is 38.0 Å². The first-order valence-corrected chi connectivity index (χ1v) is 4.13. The monoisotopic (exact) mass is 142 g/mol. The zero-order valence-electron chi connectivity index (χ0n) is 6.98. The first kappa shape index (κ1) is 8.02. The van der Waals surface area contributed by atoms with Crippen LogP contribution in [0.25, 0.3) is 0 Å². The van der Waals surface area contributed by atoms with E-state index >= 15 is 0 Å². The molecule has 1 aliphatic carbocycles. The number of nitrogens with one attached hydrogen (secondary N) is 1. The third-order valence-electron chi connectivity index (χ3n) is 2.85. The van der Waals surface area contributed by atoms with Crippen LogP contribution in [0, 0.1) is 0 Å². The fourth-order valence-electron chi connectivity index (χ4n) is 1.67. The molecule has 2 atom stereocenters. The summed E-state index contributed by atoms with van der Waals surface area (Å²) in [5.74, 6) is 0. The molecular formula is C8H18N2. The van der Waals surface area contributed by atoms with E-state index in [0.717, 1.165) is 0 Å². The van der Waals surface area contributed by atoms with Crippen LogP contribution >= 0.6 is 0 Å². The van der Waals surface area contributed by atoms with Gasteiger partial charge in [0.15, 0.2) is 0 Å². The normalized spacial score (nSPS) is 41.7. The largest absolute Gasteiger partial charge is 0.326 e. The summed E-state index contributed by atoms with van der Waals surface area (Å²) in [5.41, 5.74) is 6.17. The molecule has 2 nitrogen and oxygen atoms in total. The minimum atomic E-state index is 0.207. The van der Waals surface area contributed by atoms with Gasteiger partial charge < -0.3 is 11.1 Å². The number of hydrogen-bond donors (Lipinski definition) is 2. The molecule has 0 aromatic carbocycles. The zero-order valence-corrected chi connectivity index (χ0v) is 6.98. The van der Waals surface area contributed by atoms with E-state index in [-0.39, 0.29) is 5.54 Å². The number of nitrogens with two attached hydrogens (primary N) is 1. The predicted molar refractivity (Wildman–Crippen MR) is 43.9 cm³/mol. The van der Waals surface area contributed by atoms with E-state index < -0.39 is 0 Å². The maximum Gasteiger partial charge on any atom is 0.0301 e. The van der Waals surface area contributed by atoms with Crippen molar-refractivity contribution in [2.75, 3.05) is 7.05 Å². The molecule has 1 saturated carbocycles. The average molecular weight is 142 g/mol. The highest BCUT2D eigenvalue weighted by Gasteiger charge is 2.31. The Hall–Kier alpha value is -0.0800. The summed E-state index contributed by atoms with van der Waals surface area (Å²) in [7, 11) is 2.01. The molecule has 0 amide bonds. The molecule has 0 spiro atoms. The Labute approximate surface area is 63.2 Å². The van der Waals surface area contributed by atoms with Crippen LogP contribution in [0.3, 0.4) is 0 Å². The number of hydrogen-bond acceptors (Lipinski definition) is 2. The van der Waals surface area contributed by atoms with Crippen molar-refractivity contribution in [3.8, 4) is 0 Å². The summed E-state index contributed by atoms with van der Waals surface area (Å²) < 4.78 is 0. The average Bonchev–Trinajstić information content (AvgIpc) is 1.96. The van der Waals surface area contributed by atoms with Gasteiger partial charge in [0.25, 0.3) is 0 Å². The molecule has 10 heavy (non-hydrogen) atoms. The summed E-state index contributed by atoms with van der Waals surface area (Å²) in [6.07, 6.45) is 5.03. The van der Waals surface area contributed by atoms with Crippen LogP contribution in [0.4, 0.5) is 0 Å². The molecular weight excluding hydrogens is 124 g/mol. The Morgan fingerprint density at radius 1 is 1.50 bits per heavy atom. The molecule has 0 saturated heterocycles. The van der Waals surface area contributed by atoms with Gasteiger partial charge in [-0.25, -0.2) is 0 Å². The molecule has 0 aromatic heterocycles. The molecule has 0 aliphatic heterocycles. The molecule has 0 heterocycles. The van der Waals surface area contributed by atoms with Crippen molar-refractivity contribution >= 4 is 0 Å². The second-order valence-electron chi connectivity index (χ2n) is 3.52. The van der Waals surface area contributed by atoms with Crippen molar-refractivity contribution in [1.29, 1.82) is 0 Å². The minimum Gasteiger partial charge on any atom is -0.326 e. The fraction of sp³-hybridized carbons (Fsp3) is 1.00. The standard InChI is InChI=1S/C8H18N2/c1-8(10-2)6-4-3-5-7(8)9/h7,10H,3-6,9H2,1-2H3/t7?,8-/m0/s1. The Morgan fingerprint density at radius 3 is 2.60 bits per heavy atom. The Morgan fingerprint density at radius 2 is 2.20 bits per heavy atom.